The van der Waals surface area contributed by atoms with Gasteiger partial charge in [-0.3, -0.25) is 0 Å². The lowest BCUT2D eigenvalue weighted by Gasteiger charge is -2.13. The molecule has 0 spiro atoms. The number of rotatable bonds is 4. The Kier molecular flexibility index (Phi) is 4.20. The Balaban J connectivity index is 2.17. The van der Waals surface area contributed by atoms with Crippen LogP contribution in [0.5, 0.6) is 0 Å². The normalized spacial score (nSPS) is 12.9. The number of hydrogen-bond acceptors (Lipinski definition) is 2. The maximum Gasteiger partial charge on any atom is 0.0648 e. The molecule has 0 aliphatic heterocycles. The maximum atomic E-state index is 6.32. The summed E-state index contributed by atoms with van der Waals surface area (Å²) in [6, 6.07) is 10.9. The second-order valence-corrected chi connectivity index (χ2v) is 6.23. The smallest absolute Gasteiger partial charge is 0.0648 e. The summed E-state index contributed by atoms with van der Waals surface area (Å²) in [6.07, 6.45) is 1.13. The zero-order valence-corrected chi connectivity index (χ0v) is 12.1. The van der Waals surface area contributed by atoms with Crippen LogP contribution >= 0.6 is 11.3 Å². The van der Waals surface area contributed by atoms with E-state index in [1.807, 2.05) is 0 Å². The van der Waals surface area contributed by atoms with Gasteiger partial charge in [-0.15, -0.1) is 11.3 Å². The highest BCUT2D eigenvalue weighted by Gasteiger charge is 2.12. The average Bonchev–Trinajstić information content (AvgIpc) is 2.75. The van der Waals surface area contributed by atoms with E-state index in [0.717, 1.165) is 6.42 Å². The van der Waals surface area contributed by atoms with Crippen LogP contribution in [0.1, 0.15) is 41.5 Å². The molecule has 0 aliphatic carbocycles. The fourth-order valence-electron chi connectivity index (χ4n) is 2.19. The Morgan fingerprint density at radius 1 is 1.11 bits per heavy atom. The highest BCUT2D eigenvalue weighted by molar-refractivity contribution is 7.10. The van der Waals surface area contributed by atoms with Gasteiger partial charge in [0.15, 0.2) is 0 Å². The Labute approximate surface area is 114 Å². The van der Waals surface area contributed by atoms with Gasteiger partial charge < -0.3 is 5.73 Å². The molecule has 0 radical (unpaired) electrons. The van der Waals surface area contributed by atoms with Crippen molar-refractivity contribution in [2.45, 2.75) is 33.2 Å². The highest BCUT2D eigenvalue weighted by atomic mass is 32.1. The Morgan fingerprint density at radius 3 is 2.28 bits per heavy atom. The van der Waals surface area contributed by atoms with E-state index in [4.69, 9.17) is 5.73 Å². The van der Waals surface area contributed by atoms with Gasteiger partial charge in [0.05, 0.1) is 6.04 Å². The summed E-state index contributed by atoms with van der Waals surface area (Å²) in [5.41, 5.74) is 10.2. The van der Waals surface area contributed by atoms with Crippen molar-refractivity contribution in [3.05, 3.63) is 57.3 Å². The van der Waals surface area contributed by atoms with E-state index >= 15 is 0 Å². The molecule has 0 saturated heterocycles. The van der Waals surface area contributed by atoms with Crippen LogP contribution < -0.4 is 5.73 Å². The van der Waals surface area contributed by atoms with Gasteiger partial charge in [-0.05, 0) is 47.4 Å². The molecule has 0 amide bonds. The van der Waals surface area contributed by atoms with Crippen molar-refractivity contribution in [1.82, 2.24) is 0 Å². The molecule has 1 atom stereocenters. The van der Waals surface area contributed by atoms with Gasteiger partial charge in [0.25, 0.3) is 0 Å². The Bertz CT molecular complexity index is 496. The first-order valence-corrected chi connectivity index (χ1v) is 7.34. The topological polar surface area (TPSA) is 26.0 Å². The predicted octanol–water partition coefficient (Wildman–Crippen LogP) is 4.30. The van der Waals surface area contributed by atoms with E-state index < -0.39 is 0 Å². The third-order valence-electron chi connectivity index (χ3n) is 3.17. The Hall–Kier alpha value is -1.12. The lowest BCUT2D eigenvalue weighted by Crippen LogP contribution is -2.11. The minimum atomic E-state index is 0.0121. The molecule has 1 aromatic carbocycles. The van der Waals surface area contributed by atoms with Crippen LogP contribution in [0.15, 0.2) is 35.7 Å². The minimum Gasteiger partial charge on any atom is -0.320 e. The van der Waals surface area contributed by atoms with Crippen molar-refractivity contribution < 1.29 is 0 Å². The number of benzene rings is 1. The van der Waals surface area contributed by atoms with Crippen LogP contribution in [0.25, 0.3) is 0 Å². The van der Waals surface area contributed by atoms with Crippen LogP contribution in [0.2, 0.25) is 0 Å². The molecular formula is C16H21NS. The first-order valence-electron chi connectivity index (χ1n) is 6.46. The molecule has 18 heavy (non-hydrogen) atoms. The number of thiophene rings is 1. The molecule has 0 bridgehead atoms. The van der Waals surface area contributed by atoms with Crippen LogP contribution in [-0.4, -0.2) is 0 Å². The molecule has 0 saturated carbocycles. The van der Waals surface area contributed by atoms with Crippen LogP contribution in [0.4, 0.5) is 0 Å². The summed E-state index contributed by atoms with van der Waals surface area (Å²) in [5.74, 6) is 0.698. The largest absolute Gasteiger partial charge is 0.320 e. The molecule has 1 nitrogen and oxygen atoms in total. The van der Waals surface area contributed by atoms with Gasteiger partial charge in [0.2, 0.25) is 0 Å². The average molecular weight is 259 g/mol. The molecule has 1 aromatic heterocycles. The summed E-state index contributed by atoms with van der Waals surface area (Å²) in [4.78, 5) is 1.27. The molecule has 2 heteroatoms. The third kappa shape index (κ3) is 3.01. The van der Waals surface area contributed by atoms with Crippen LogP contribution in [0.3, 0.4) is 0 Å². The van der Waals surface area contributed by atoms with Crippen molar-refractivity contribution >= 4 is 11.3 Å². The fraction of sp³-hybridized carbons (Fsp3) is 0.375. The summed E-state index contributed by atoms with van der Waals surface area (Å²) >= 11 is 1.74. The van der Waals surface area contributed by atoms with Gasteiger partial charge in [0, 0.05) is 4.88 Å². The molecular weight excluding hydrogens is 238 g/mol. The standard InChI is InChI=1S/C16H21NS/c1-11(2)10-13-4-6-14(7-5-13)15(17)16-12(3)8-9-18-16/h4-9,11,15H,10,17H2,1-3H3. The third-order valence-corrected chi connectivity index (χ3v) is 4.27. The zero-order valence-electron chi connectivity index (χ0n) is 11.3. The van der Waals surface area contributed by atoms with E-state index in [2.05, 4.69) is 56.5 Å². The van der Waals surface area contributed by atoms with Crippen molar-refractivity contribution in [3.8, 4) is 0 Å². The monoisotopic (exact) mass is 259 g/mol. The van der Waals surface area contributed by atoms with Crippen molar-refractivity contribution in [2.75, 3.05) is 0 Å². The number of hydrogen-bond donors (Lipinski definition) is 1. The van der Waals surface area contributed by atoms with Gasteiger partial charge >= 0.3 is 0 Å². The molecule has 2 N–H and O–H groups in total. The molecule has 0 aliphatic rings. The van der Waals surface area contributed by atoms with Crippen molar-refractivity contribution in [1.29, 1.82) is 0 Å². The molecule has 2 rings (SSSR count). The maximum absolute atomic E-state index is 6.32. The highest BCUT2D eigenvalue weighted by Crippen LogP contribution is 2.27. The van der Waals surface area contributed by atoms with Crippen molar-refractivity contribution in [3.63, 3.8) is 0 Å². The van der Waals surface area contributed by atoms with Gasteiger partial charge in [-0.2, -0.15) is 0 Å². The SMILES string of the molecule is Cc1ccsc1C(N)c1ccc(CC(C)C)cc1. The summed E-state index contributed by atoms with van der Waals surface area (Å²) < 4.78 is 0. The van der Waals surface area contributed by atoms with Gasteiger partial charge in [-0.25, -0.2) is 0 Å². The lowest BCUT2D eigenvalue weighted by molar-refractivity contribution is 0.647. The van der Waals surface area contributed by atoms with E-state index in [1.165, 1.54) is 21.6 Å². The van der Waals surface area contributed by atoms with E-state index in [9.17, 15) is 0 Å². The minimum absolute atomic E-state index is 0.0121. The first kappa shape index (κ1) is 13.3. The molecule has 1 heterocycles. The van der Waals surface area contributed by atoms with E-state index in [0.29, 0.717) is 5.92 Å². The first-order chi connectivity index (χ1) is 8.58. The predicted molar refractivity (Wildman–Crippen MR) is 80.1 cm³/mol. The summed E-state index contributed by atoms with van der Waals surface area (Å²) in [7, 11) is 0. The molecule has 2 aromatic rings. The number of aryl methyl sites for hydroxylation is 1. The van der Waals surface area contributed by atoms with Gasteiger partial charge in [0.1, 0.15) is 0 Å². The quantitative estimate of drug-likeness (QED) is 0.870. The van der Waals surface area contributed by atoms with E-state index in [-0.39, 0.29) is 6.04 Å². The summed E-state index contributed by atoms with van der Waals surface area (Å²) in [5, 5.41) is 2.11. The molecule has 0 fully saturated rings. The fourth-order valence-corrected chi connectivity index (χ4v) is 3.14. The second kappa shape index (κ2) is 5.68. The second-order valence-electron chi connectivity index (χ2n) is 5.29. The van der Waals surface area contributed by atoms with Crippen molar-refractivity contribution in [2.24, 2.45) is 11.7 Å². The van der Waals surface area contributed by atoms with Gasteiger partial charge in [-0.1, -0.05) is 38.1 Å². The van der Waals surface area contributed by atoms with E-state index in [1.54, 1.807) is 11.3 Å². The summed E-state index contributed by atoms with van der Waals surface area (Å²) in [6.45, 7) is 6.61. The molecule has 96 valence electrons. The lowest BCUT2D eigenvalue weighted by atomic mass is 9.98. The Morgan fingerprint density at radius 2 is 1.78 bits per heavy atom. The molecule has 1 unspecified atom stereocenters. The number of nitrogens with two attached hydrogens (primary N) is 1. The van der Waals surface area contributed by atoms with Crippen LogP contribution in [0, 0.1) is 12.8 Å². The van der Waals surface area contributed by atoms with Crippen LogP contribution in [-0.2, 0) is 6.42 Å². The zero-order chi connectivity index (χ0) is 13.1.